The lowest BCUT2D eigenvalue weighted by Gasteiger charge is -2.35. The third kappa shape index (κ3) is 3.05. The van der Waals surface area contributed by atoms with E-state index in [2.05, 4.69) is 36.1 Å². The van der Waals surface area contributed by atoms with Crippen LogP contribution in [0.3, 0.4) is 0 Å². The maximum Gasteiger partial charge on any atom is 0.219 e. The van der Waals surface area contributed by atoms with Crippen LogP contribution in [0.1, 0.15) is 36.8 Å². The largest absolute Gasteiger partial charge is 0.362 e. The number of anilines is 1. The Labute approximate surface area is 154 Å². The van der Waals surface area contributed by atoms with Crippen LogP contribution in [0.4, 0.5) is 5.69 Å². The fraction of sp³-hybridized carbons (Fsp3) is 0.429. The molecule has 2 aliphatic rings. The van der Waals surface area contributed by atoms with Crippen LogP contribution in [0.15, 0.2) is 48.5 Å². The van der Waals surface area contributed by atoms with Crippen LogP contribution in [-0.2, 0) is 5.72 Å². The van der Waals surface area contributed by atoms with Crippen molar-refractivity contribution in [2.75, 3.05) is 18.0 Å². The molecule has 4 rings (SSSR count). The number of quaternary nitrogens is 1. The third-order valence-corrected chi connectivity index (χ3v) is 6.00. The fourth-order valence-electron chi connectivity index (χ4n) is 4.47. The van der Waals surface area contributed by atoms with Crippen LogP contribution >= 0.6 is 11.6 Å². The highest BCUT2D eigenvalue weighted by Gasteiger charge is 2.54. The lowest BCUT2D eigenvalue weighted by molar-refractivity contribution is -0.914. The van der Waals surface area contributed by atoms with Gasteiger partial charge in [-0.25, -0.2) is 0 Å². The number of hydrogen-bond acceptors (Lipinski definition) is 2. The van der Waals surface area contributed by atoms with Crippen molar-refractivity contribution in [3.05, 3.63) is 64.7 Å². The number of nitrogens with zero attached hydrogens (tertiary/aromatic N) is 1. The first kappa shape index (κ1) is 16.9. The SMILES string of the molecule is Cc1ccc(N2[C@H]3CCCCC[NH+]3C[C@@]2(O)c2ccc(Cl)cc2)cc1. The summed E-state index contributed by atoms with van der Waals surface area (Å²) in [6.45, 7) is 3.94. The molecule has 132 valence electrons. The summed E-state index contributed by atoms with van der Waals surface area (Å²) >= 11 is 6.08. The number of aliphatic hydroxyl groups is 1. The number of rotatable bonds is 2. The van der Waals surface area contributed by atoms with E-state index < -0.39 is 5.72 Å². The summed E-state index contributed by atoms with van der Waals surface area (Å²) in [4.78, 5) is 3.76. The molecule has 2 fully saturated rings. The van der Waals surface area contributed by atoms with Gasteiger partial charge in [0.1, 0.15) is 6.54 Å². The molecule has 3 nitrogen and oxygen atoms in total. The van der Waals surface area contributed by atoms with Gasteiger partial charge in [0.2, 0.25) is 5.72 Å². The van der Waals surface area contributed by atoms with E-state index >= 15 is 0 Å². The topological polar surface area (TPSA) is 27.9 Å². The molecule has 0 radical (unpaired) electrons. The van der Waals surface area contributed by atoms with Gasteiger partial charge >= 0.3 is 0 Å². The average molecular weight is 358 g/mol. The molecule has 2 aromatic rings. The second-order valence-electron chi connectivity index (χ2n) is 7.48. The van der Waals surface area contributed by atoms with Crippen LogP contribution in [-0.4, -0.2) is 24.4 Å². The van der Waals surface area contributed by atoms with Crippen molar-refractivity contribution in [3.63, 3.8) is 0 Å². The zero-order valence-electron chi connectivity index (χ0n) is 14.7. The minimum absolute atomic E-state index is 0.325. The number of fused-ring (bicyclic) bond motifs is 1. The first-order valence-corrected chi connectivity index (χ1v) is 9.65. The van der Waals surface area contributed by atoms with Gasteiger partial charge < -0.3 is 10.0 Å². The van der Waals surface area contributed by atoms with Crippen LogP contribution in [0, 0.1) is 6.92 Å². The van der Waals surface area contributed by atoms with Crippen LogP contribution in [0.5, 0.6) is 0 Å². The molecular formula is C21H26ClN2O+. The molecule has 2 aromatic carbocycles. The van der Waals surface area contributed by atoms with Gasteiger partial charge in [-0.1, -0.05) is 41.4 Å². The monoisotopic (exact) mass is 357 g/mol. The summed E-state index contributed by atoms with van der Waals surface area (Å²) in [5.41, 5.74) is 2.28. The summed E-state index contributed by atoms with van der Waals surface area (Å²) < 4.78 is 0. The summed E-state index contributed by atoms with van der Waals surface area (Å²) in [5, 5.41) is 12.5. The fourth-order valence-corrected chi connectivity index (χ4v) is 4.60. The minimum atomic E-state index is -0.989. The number of hydrogen-bond donors (Lipinski definition) is 2. The molecule has 2 heterocycles. The van der Waals surface area contributed by atoms with Crippen LogP contribution in [0.25, 0.3) is 0 Å². The van der Waals surface area contributed by atoms with Crippen molar-refractivity contribution < 1.29 is 10.0 Å². The Morgan fingerprint density at radius 1 is 1.04 bits per heavy atom. The van der Waals surface area contributed by atoms with Gasteiger partial charge in [0, 0.05) is 22.7 Å². The molecule has 0 aromatic heterocycles. The van der Waals surface area contributed by atoms with E-state index in [0.29, 0.717) is 17.7 Å². The molecule has 4 heteroatoms. The van der Waals surface area contributed by atoms with E-state index in [-0.39, 0.29) is 0 Å². The van der Waals surface area contributed by atoms with E-state index in [1.165, 1.54) is 29.7 Å². The molecule has 25 heavy (non-hydrogen) atoms. The van der Waals surface area contributed by atoms with Crippen LogP contribution < -0.4 is 9.80 Å². The number of aryl methyl sites for hydroxylation is 1. The highest BCUT2D eigenvalue weighted by Crippen LogP contribution is 2.36. The predicted octanol–water partition coefficient (Wildman–Crippen LogP) is 3.10. The van der Waals surface area contributed by atoms with Crippen LogP contribution in [0.2, 0.25) is 5.02 Å². The molecule has 2 saturated heterocycles. The Hall–Kier alpha value is -1.55. The van der Waals surface area contributed by atoms with Gasteiger partial charge in [-0.2, -0.15) is 0 Å². The number of nitrogens with one attached hydrogen (secondary N) is 1. The second kappa shape index (κ2) is 6.64. The molecule has 0 spiro atoms. The lowest BCUT2D eigenvalue weighted by Crippen LogP contribution is -3.14. The molecule has 2 N–H and O–H groups in total. The molecule has 0 amide bonds. The van der Waals surface area contributed by atoms with Gasteiger partial charge in [0.05, 0.1) is 6.54 Å². The highest BCUT2D eigenvalue weighted by molar-refractivity contribution is 6.30. The average Bonchev–Trinajstić information content (AvgIpc) is 2.74. The predicted molar refractivity (Wildman–Crippen MR) is 102 cm³/mol. The molecule has 2 aliphatic heterocycles. The Bertz CT molecular complexity index is 731. The molecule has 0 bridgehead atoms. The zero-order chi connectivity index (χ0) is 17.4. The molecule has 1 unspecified atom stereocenters. The molecule has 0 saturated carbocycles. The van der Waals surface area contributed by atoms with Gasteiger partial charge in [-0.05, 0) is 50.5 Å². The standard InChI is InChI=1S/C21H25ClN2O/c1-16-6-12-19(13-7-16)24-20-5-3-2-4-14-23(20)15-21(24,25)17-8-10-18(22)11-9-17/h6-13,20,25H,2-5,14-15H2,1H3/p+1/t20-,21+/m0/s1. The first-order chi connectivity index (χ1) is 12.1. The van der Waals surface area contributed by atoms with E-state index in [0.717, 1.165) is 24.2 Å². The molecule has 0 aliphatic carbocycles. The van der Waals surface area contributed by atoms with Crippen molar-refractivity contribution in [2.24, 2.45) is 0 Å². The summed E-state index contributed by atoms with van der Waals surface area (Å²) in [6, 6.07) is 16.2. The Morgan fingerprint density at radius 2 is 1.76 bits per heavy atom. The van der Waals surface area contributed by atoms with Gasteiger partial charge in [0.15, 0.2) is 6.17 Å². The van der Waals surface area contributed by atoms with Crippen molar-refractivity contribution in [3.8, 4) is 0 Å². The number of halogens is 1. The second-order valence-corrected chi connectivity index (χ2v) is 7.92. The molecule has 3 atom stereocenters. The van der Waals surface area contributed by atoms with E-state index in [1.54, 1.807) is 0 Å². The first-order valence-electron chi connectivity index (χ1n) is 9.27. The summed E-state index contributed by atoms with van der Waals surface area (Å²) in [5.74, 6) is 0. The Kier molecular flexibility index (Phi) is 4.48. The quantitative estimate of drug-likeness (QED) is 0.864. The van der Waals surface area contributed by atoms with E-state index in [1.807, 2.05) is 24.3 Å². The maximum absolute atomic E-state index is 11.8. The van der Waals surface area contributed by atoms with E-state index in [9.17, 15) is 5.11 Å². The normalized spacial score (nSPS) is 29.3. The van der Waals surface area contributed by atoms with Gasteiger partial charge in [0.25, 0.3) is 0 Å². The summed E-state index contributed by atoms with van der Waals surface area (Å²) in [6.07, 6.45) is 5.21. The van der Waals surface area contributed by atoms with Crippen molar-refractivity contribution in [1.29, 1.82) is 0 Å². The smallest absolute Gasteiger partial charge is 0.219 e. The van der Waals surface area contributed by atoms with Gasteiger partial charge in [-0.15, -0.1) is 0 Å². The van der Waals surface area contributed by atoms with E-state index in [4.69, 9.17) is 11.6 Å². The molecular weight excluding hydrogens is 332 g/mol. The maximum atomic E-state index is 11.8. The van der Waals surface area contributed by atoms with Crippen molar-refractivity contribution in [2.45, 2.75) is 44.5 Å². The Morgan fingerprint density at radius 3 is 2.48 bits per heavy atom. The lowest BCUT2D eigenvalue weighted by atomic mass is 10.0. The van der Waals surface area contributed by atoms with Gasteiger partial charge in [-0.3, -0.25) is 4.90 Å². The zero-order valence-corrected chi connectivity index (χ0v) is 15.5. The van der Waals surface area contributed by atoms with Crippen molar-refractivity contribution in [1.82, 2.24) is 0 Å². The summed E-state index contributed by atoms with van der Waals surface area (Å²) in [7, 11) is 0. The third-order valence-electron chi connectivity index (χ3n) is 5.75. The van der Waals surface area contributed by atoms with Crippen molar-refractivity contribution >= 4 is 17.3 Å². The minimum Gasteiger partial charge on any atom is -0.362 e. The Balaban J connectivity index is 1.80. The number of benzene rings is 2. The highest BCUT2D eigenvalue weighted by atomic mass is 35.5.